The van der Waals surface area contributed by atoms with Crippen LogP contribution in [-0.4, -0.2) is 30.4 Å². The number of rotatable bonds is 2. The van der Waals surface area contributed by atoms with Gasteiger partial charge in [-0.15, -0.1) is 12.4 Å². The second-order valence-electron chi connectivity index (χ2n) is 7.11. The minimum atomic E-state index is -0.210. The molecule has 1 aliphatic carbocycles. The van der Waals surface area contributed by atoms with Gasteiger partial charge in [0.15, 0.2) is 0 Å². The fourth-order valence-electron chi connectivity index (χ4n) is 4.47. The summed E-state index contributed by atoms with van der Waals surface area (Å²) in [6, 6.07) is 6.82. The van der Waals surface area contributed by atoms with Gasteiger partial charge in [0, 0.05) is 12.5 Å². The Labute approximate surface area is 143 Å². The predicted octanol–water partition coefficient (Wildman–Crippen LogP) is 3.30. The highest BCUT2D eigenvalue weighted by Crippen LogP contribution is 2.59. The van der Waals surface area contributed by atoms with Crippen LogP contribution in [0, 0.1) is 17.2 Å². The van der Waals surface area contributed by atoms with E-state index in [1.807, 2.05) is 11.0 Å². The highest BCUT2D eigenvalue weighted by Gasteiger charge is 2.59. The molecule has 1 N–H and O–H groups in total. The number of halogens is 2. The van der Waals surface area contributed by atoms with Crippen molar-refractivity contribution in [3.63, 3.8) is 0 Å². The average molecular weight is 339 g/mol. The van der Waals surface area contributed by atoms with E-state index in [4.69, 9.17) is 0 Å². The molecule has 2 aliphatic heterocycles. The topological polar surface area (TPSA) is 32.3 Å². The Morgan fingerprint density at radius 1 is 1.30 bits per heavy atom. The summed E-state index contributed by atoms with van der Waals surface area (Å²) in [6.07, 6.45) is 5.29. The Balaban J connectivity index is 0.00000156. The Bertz CT molecular complexity index is 588. The van der Waals surface area contributed by atoms with Crippen molar-refractivity contribution >= 4 is 18.3 Å². The Kier molecular flexibility index (Phi) is 4.65. The third kappa shape index (κ3) is 2.99. The van der Waals surface area contributed by atoms with Crippen LogP contribution in [0.1, 0.15) is 43.7 Å². The van der Waals surface area contributed by atoms with Crippen LogP contribution in [0.3, 0.4) is 0 Å². The maximum absolute atomic E-state index is 13.5. The minimum absolute atomic E-state index is 0. The minimum Gasteiger partial charge on any atom is -0.335 e. The van der Waals surface area contributed by atoms with Gasteiger partial charge in [-0.05, 0) is 68.3 Å². The summed E-state index contributed by atoms with van der Waals surface area (Å²) in [6.45, 7) is 2.90. The second kappa shape index (κ2) is 6.40. The van der Waals surface area contributed by atoms with Crippen LogP contribution in [0.2, 0.25) is 0 Å². The number of nitrogens with one attached hydrogen (secondary N) is 1. The van der Waals surface area contributed by atoms with Gasteiger partial charge in [-0.2, -0.15) is 0 Å². The molecule has 3 nitrogen and oxygen atoms in total. The average Bonchev–Trinajstić information content (AvgIpc) is 2.99. The molecule has 1 aromatic carbocycles. The maximum Gasteiger partial charge on any atom is 0.226 e. The molecule has 1 saturated carbocycles. The van der Waals surface area contributed by atoms with Gasteiger partial charge in [-0.1, -0.05) is 12.1 Å². The van der Waals surface area contributed by atoms with Crippen LogP contribution >= 0.6 is 12.4 Å². The zero-order chi connectivity index (χ0) is 15.2. The standard InChI is InChI=1S/C18H23FN2O.ClH/c19-14-4-1-3-13(11-14)16-5-2-10-21(16)17(22)15-12-18(15)6-8-20-9-7-18;/h1,3-4,11,15-16,20H,2,5-10,12H2;1H. The van der Waals surface area contributed by atoms with E-state index in [1.54, 1.807) is 12.1 Å². The Morgan fingerprint density at radius 2 is 2.09 bits per heavy atom. The van der Waals surface area contributed by atoms with Crippen molar-refractivity contribution in [1.82, 2.24) is 10.2 Å². The van der Waals surface area contributed by atoms with Gasteiger partial charge in [-0.25, -0.2) is 4.39 Å². The van der Waals surface area contributed by atoms with Crippen molar-refractivity contribution in [3.8, 4) is 0 Å². The largest absolute Gasteiger partial charge is 0.335 e. The van der Waals surface area contributed by atoms with E-state index < -0.39 is 0 Å². The summed E-state index contributed by atoms with van der Waals surface area (Å²) in [5.41, 5.74) is 1.23. The van der Waals surface area contributed by atoms with Crippen LogP contribution in [0.15, 0.2) is 24.3 Å². The fraction of sp³-hybridized carbons (Fsp3) is 0.611. The molecule has 3 fully saturated rings. The lowest BCUT2D eigenvalue weighted by Crippen LogP contribution is -2.36. The highest BCUT2D eigenvalue weighted by atomic mass is 35.5. The molecule has 5 heteroatoms. The van der Waals surface area contributed by atoms with Crippen LogP contribution in [-0.2, 0) is 4.79 Å². The first-order chi connectivity index (χ1) is 10.7. The van der Waals surface area contributed by atoms with Crippen LogP contribution in [0.5, 0.6) is 0 Å². The zero-order valence-electron chi connectivity index (χ0n) is 13.3. The molecule has 0 bridgehead atoms. The number of hydrogen-bond donors (Lipinski definition) is 1. The number of amides is 1. The fourth-order valence-corrected chi connectivity index (χ4v) is 4.47. The summed E-state index contributed by atoms with van der Waals surface area (Å²) in [5.74, 6) is 0.315. The lowest BCUT2D eigenvalue weighted by atomic mass is 9.91. The molecule has 0 radical (unpaired) electrons. The Hall–Kier alpha value is -1.13. The molecule has 2 heterocycles. The Morgan fingerprint density at radius 3 is 2.83 bits per heavy atom. The lowest BCUT2D eigenvalue weighted by molar-refractivity contribution is -0.134. The summed E-state index contributed by atoms with van der Waals surface area (Å²) < 4.78 is 13.5. The third-order valence-electron chi connectivity index (χ3n) is 5.86. The van der Waals surface area contributed by atoms with Gasteiger partial charge in [0.25, 0.3) is 0 Å². The summed E-state index contributed by atoms with van der Waals surface area (Å²) in [7, 11) is 0. The van der Waals surface area contributed by atoms with Gasteiger partial charge in [0.05, 0.1) is 6.04 Å². The number of piperidine rings is 1. The molecule has 1 spiro atoms. The molecule has 2 atom stereocenters. The van der Waals surface area contributed by atoms with Crippen molar-refractivity contribution in [2.45, 2.75) is 38.1 Å². The quantitative estimate of drug-likeness (QED) is 0.897. The van der Waals surface area contributed by atoms with E-state index >= 15 is 0 Å². The van der Waals surface area contributed by atoms with Gasteiger partial charge >= 0.3 is 0 Å². The number of nitrogens with zero attached hydrogens (tertiary/aromatic N) is 1. The van der Waals surface area contributed by atoms with Gasteiger partial charge in [-0.3, -0.25) is 4.79 Å². The number of carbonyl (C=O) groups excluding carboxylic acids is 1. The van der Waals surface area contributed by atoms with Crippen molar-refractivity contribution in [2.24, 2.45) is 11.3 Å². The van der Waals surface area contributed by atoms with Crippen molar-refractivity contribution < 1.29 is 9.18 Å². The van der Waals surface area contributed by atoms with Gasteiger partial charge in [0.2, 0.25) is 5.91 Å². The molecule has 3 aliphatic rings. The molecule has 126 valence electrons. The van der Waals surface area contributed by atoms with E-state index in [1.165, 1.54) is 6.07 Å². The zero-order valence-corrected chi connectivity index (χ0v) is 14.1. The normalized spacial score (nSPS) is 28.5. The van der Waals surface area contributed by atoms with E-state index in [9.17, 15) is 9.18 Å². The van der Waals surface area contributed by atoms with Crippen LogP contribution < -0.4 is 5.32 Å². The van der Waals surface area contributed by atoms with Crippen molar-refractivity contribution in [1.29, 1.82) is 0 Å². The van der Waals surface area contributed by atoms with E-state index in [2.05, 4.69) is 5.32 Å². The second-order valence-corrected chi connectivity index (χ2v) is 7.11. The van der Waals surface area contributed by atoms with Crippen LogP contribution in [0.4, 0.5) is 4.39 Å². The summed E-state index contributed by atoms with van der Waals surface area (Å²) in [5, 5.41) is 3.38. The van der Waals surface area contributed by atoms with E-state index in [0.717, 1.165) is 57.3 Å². The molecule has 0 aromatic heterocycles. The molecular weight excluding hydrogens is 315 g/mol. The number of benzene rings is 1. The number of carbonyl (C=O) groups is 1. The first kappa shape index (κ1) is 16.7. The van der Waals surface area contributed by atoms with Crippen LogP contribution in [0.25, 0.3) is 0 Å². The predicted molar refractivity (Wildman–Crippen MR) is 90.0 cm³/mol. The molecule has 23 heavy (non-hydrogen) atoms. The highest BCUT2D eigenvalue weighted by molar-refractivity contribution is 5.85. The number of hydrogen-bond acceptors (Lipinski definition) is 2. The lowest BCUT2D eigenvalue weighted by Gasteiger charge is -2.28. The third-order valence-corrected chi connectivity index (χ3v) is 5.86. The van der Waals surface area contributed by atoms with Crippen molar-refractivity contribution in [3.05, 3.63) is 35.6 Å². The van der Waals surface area contributed by atoms with Crippen molar-refractivity contribution in [2.75, 3.05) is 19.6 Å². The van der Waals surface area contributed by atoms with Gasteiger partial charge in [0.1, 0.15) is 5.82 Å². The molecule has 2 unspecified atom stereocenters. The summed E-state index contributed by atoms with van der Waals surface area (Å²) >= 11 is 0. The SMILES string of the molecule is Cl.O=C(C1CC12CCNCC2)N1CCCC1c1cccc(F)c1. The maximum atomic E-state index is 13.5. The molecule has 1 aromatic rings. The summed E-state index contributed by atoms with van der Waals surface area (Å²) in [4.78, 5) is 15.0. The molecule has 4 rings (SSSR count). The molecule has 1 amide bonds. The molecular formula is C18H24ClFN2O. The first-order valence-electron chi connectivity index (χ1n) is 8.46. The smallest absolute Gasteiger partial charge is 0.226 e. The van der Waals surface area contributed by atoms with E-state index in [0.29, 0.717) is 5.91 Å². The monoisotopic (exact) mass is 338 g/mol. The van der Waals surface area contributed by atoms with Gasteiger partial charge < -0.3 is 10.2 Å². The van der Waals surface area contributed by atoms with E-state index in [-0.39, 0.29) is 35.6 Å². The first-order valence-corrected chi connectivity index (χ1v) is 8.46. The molecule has 2 saturated heterocycles. The number of likely N-dealkylation sites (tertiary alicyclic amines) is 1.